The first-order chi connectivity index (χ1) is 21.0. The van der Waals surface area contributed by atoms with Crippen LogP contribution in [-0.4, -0.2) is 66.5 Å². The fraction of sp³-hybridized carbons (Fsp3) is 0.533. The van der Waals surface area contributed by atoms with Crippen LogP contribution in [0.3, 0.4) is 0 Å². The van der Waals surface area contributed by atoms with E-state index in [1.165, 1.54) is 0 Å². The number of alkyl halides is 3. The lowest BCUT2D eigenvalue weighted by Crippen LogP contribution is -2.44. The number of hydrogen-bond acceptors (Lipinski definition) is 8. The fourth-order valence-corrected chi connectivity index (χ4v) is 5.64. The Morgan fingerprint density at radius 1 is 1.02 bits per heavy atom. The van der Waals surface area contributed by atoms with Crippen molar-refractivity contribution in [1.82, 2.24) is 20.6 Å². The Bertz CT molecular complexity index is 1350. The molecule has 0 radical (unpaired) electrons. The smallest absolute Gasteiger partial charge is 0.368 e. The summed E-state index contributed by atoms with van der Waals surface area (Å²) in [4.78, 5) is 46.9. The van der Waals surface area contributed by atoms with Gasteiger partial charge in [0, 0.05) is 38.7 Å². The van der Waals surface area contributed by atoms with E-state index in [9.17, 15) is 27.6 Å². The molecule has 4 rings (SSSR count). The number of nitrogens with two attached hydrogens (primary N) is 1. The number of benzene rings is 1. The monoisotopic (exact) mass is 614 g/mol. The minimum Gasteiger partial charge on any atom is -0.368 e. The van der Waals surface area contributed by atoms with Gasteiger partial charge in [-0.1, -0.05) is 12.1 Å². The van der Waals surface area contributed by atoms with Gasteiger partial charge >= 0.3 is 6.18 Å². The molecule has 1 aromatic carbocycles. The Hall–Kier alpha value is -4.41. The molecule has 1 atom stereocenters. The highest BCUT2D eigenvalue weighted by atomic mass is 19.4. The molecule has 2 aromatic rings. The first-order valence-electron chi connectivity index (χ1n) is 14.8. The van der Waals surface area contributed by atoms with Crippen LogP contribution < -0.4 is 26.2 Å². The molecule has 0 bridgehead atoms. The van der Waals surface area contributed by atoms with E-state index in [-0.39, 0.29) is 36.4 Å². The molecule has 0 spiro atoms. The maximum absolute atomic E-state index is 13.9. The summed E-state index contributed by atoms with van der Waals surface area (Å²) in [6.45, 7) is 1.57. The molecule has 2 aliphatic rings. The predicted octanol–water partition coefficient (Wildman–Crippen LogP) is 2.68. The van der Waals surface area contributed by atoms with Crippen LogP contribution in [-0.2, 0) is 27.0 Å². The Kier molecular flexibility index (Phi) is 11.0. The normalized spacial score (nSPS) is 17.3. The molecule has 2 aliphatic heterocycles. The number of piperidine rings is 1. The van der Waals surface area contributed by atoms with E-state index >= 15 is 0 Å². The molecule has 1 aromatic heterocycles. The maximum atomic E-state index is 13.9. The van der Waals surface area contributed by atoms with E-state index < -0.39 is 23.9 Å². The Balaban J connectivity index is 1.36. The molecular formula is C30H37F3N8O3. The van der Waals surface area contributed by atoms with E-state index in [4.69, 9.17) is 11.0 Å². The van der Waals surface area contributed by atoms with E-state index in [2.05, 4.69) is 26.7 Å². The van der Waals surface area contributed by atoms with Crippen LogP contribution >= 0.6 is 0 Å². The zero-order valence-electron chi connectivity index (χ0n) is 24.4. The molecule has 3 heterocycles. The Morgan fingerprint density at radius 2 is 1.73 bits per heavy atom. The number of aromatic nitrogens is 2. The lowest BCUT2D eigenvalue weighted by atomic mass is 9.91. The van der Waals surface area contributed by atoms with Crippen LogP contribution in [0.2, 0.25) is 0 Å². The Morgan fingerprint density at radius 3 is 2.39 bits per heavy atom. The highest BCUT2D eigenvalue weighted by molar-refractivity contribution is 5.85. The average molecular weight is 615 g/mol. The zero-order chi connectivity index (χ0) is 31.7. The molecule has 4 N–H and O–H groups in total. The van der Waals surface area contributed by atoms with Crippen molar-refractivity contribution in [3.63, 3.8) is 0 Å². The van der Waals surface area contributed by atoms with Gasteiger partial charge in [0.2, 0.25) is 23.5 Å². The summed E-state index contributed by atoms with van der Waals surface area (Å²) in [5.74, 6) is -1.78. The van der Waals surface area contributed by atoms with Gasteiger partial charge in [-0.3, -0.25) is 14.4 Å². The SMILES string of the molecule is N#Cc1ccc(CCNC(=O)C2CCCN2c2cc(N3CCC(CCCC(=O)NCC(N)=O)CC3)nc(C(F)(F)F)n2)cc1. The second-order valence-corrected chi connectivity index (χ2v) is 11.2. The third-order valence-corrected chi connectivity index (χ3v) is 8.01. The van der Waals surface area contributed by atoms with Gasteiger partial charge in [-0.05, 0) is 68.6 Å². The summed E-state index contributed by atoms with van der Waals surface area (Å²) in [5.41, 5.74) is 6.53. The summed E-state index contributed by atoms with van der Waals surface area (Å²) in [5, 5.41) is 14.3. The van der Waals surface area contributed by atoms with Gasteiger partial charge < -0.3 is 26.2 Å². The third kappa shape index (κ3) is 9.05. The molecule has 3 amide bonds. The summed E-state index contributed by atoms with van der Waals surface area (Å²) >= 11 is 0. The standard InChI is InChI=1S/C30H37F3N8O3/c31-30(32,33)29-38-25(40-15-11-20(12-16-40)3-1-5-27(43)37-19-24(35)42)17-26(39-29)41-14-2-4-23(41)28(44)36-13-10-21-6-8-22(18-34)9-7-21/h6-9,17,20,23H,1-5,10-16,19H2,(H2,35,42)(H,36,44)(H,37,43). The van der Waals surface area contributed by atoms with Crippen molar-refractivity contribution in [3.05, 3.63) is 47.3 Å². The molecule has 2 saturated heterocycles. The number of amides is 3. The number of nitriles is 1. The molecule has 0 saturated carbocycles. The lowest BCUT2D eigenvalue weighted by Gasteiger charge is -2.34. The van der Waals surface area contributed by atoms with Gasteiger partial charge in [-0.25, -0.2) is 9.97 Å². The average Bonchev–Trinajstić information content (AvgIpc) is 3.50. The van der Waals surface area contributed by atoms with Crippen LogP contribution in [0, 0.1) is 17.2 Å². The highest BCUT2D eigenvalue weighted by Crippen LogP contribution is 2.34. The maximum Gasteiger partial charge on any atom is 0.451 e. The molecule has 0 aliphatic carbocycles. The molecule has 236 valence electrons. The number of primary amides is 1. The molecule has 2 fully saturated rings. The lowest BCUT2D eigenvalue weighted by molar-refractivity contribution is -0.144. The second kappa shape index (κ2) is 14.9. The van der Waals surface area contributed by atoms with E-state index in [1.54, 1.807) is 23.1 Å². The van der Waals surface area contributed by atoms with E-state index in [1.807, 2.05) is 17.0 Å². The quantitative estimate of drug-likeness (QED) is 0.329. The number of hydrogen-bond donors (Lipinski definition) is 3. The minimum atomic E-state index is -4.75. The van der Waals surface area contributed by atoms with Gasteiger partial charge in [-0.2, -0.15) is 18.4 Å². The minimum absolute atomic E-state index is 0.0798. The van der Waals surface area contributed by atoms with Crippen LogP contribution in [0.15, 0.2) is 30.3 Å². The van der Waals surface area contributed by atoms with E-state index in [0.29, 0.717) is 63.3 Å². The topological polar surface area (TPSA) is 157 Å². The van der Waals surface area contributed by atoms with Gasteiger partial charge in [0.05, 0.1) is 18.2 Å². The van der Waals surface area contributed by atoms with Crippen molar-refractivity contribution in [2.24, 2.45) is 11.7 Å². The number of halogens is 3. The van der Waals surface area contributed by atoms with Gasteiger partial charge in [0.1, 0.15) is 17.7 Å². The zero-order valence-corrected chi connectivity index (χ0v) is 24.4. The van der Waals surface area contributed by atoms with Crippen molar-refractivity contribution in [1.29, 1.82) is 5.26 Å². The van der Waals surface area contributed by atoms with Crippen molar-refractivity contribution in [3.8, 4) is 6.07 Å². The van der Waals surface area contributed by atoms with Crippen molar-refractivity contribution in [2.75, 3.05) is 42.5 Å². The first-order valence-corrected chi connectivity index (χ1v) is 14.8. The number of nitrogens with zero attached hydrogens (tertiary/aromatic N) is 5. The second-order valence-electron chi connectivity index (χ2n) is 11.2. The summed E-state index contributed by atoms with van der Waals surface area (Å²) in [6, 6.07) is 10.0. The molecule has 44 heavy (non-hydrogen) atoms. The Labute approximate surface area is 254 Å². The van der Waals surface area contributed by atoms with Gasteiger partial charge in [0.25, 0.3) is 0 Å². The largest absolute Gasteiger partial charge is 0.451 e. The number of anilines is 2. The van der Waals surface area contributed by atoms with Crippen molar-refractivity contribution in [2.45, 2.75) is 63.6 Å². The summed E-state index contributed by atoms with van der Waals surface area (Å²) < 4.78 is 41.6. The summed E-state index contributed by atoms with van der Waals surface area (Å²) in [6.07, 6.45) is 0.102. The summed E-state index contributed by atoms with van der Waals surface area (Å²) in [7, 11) is 0. The van der Waals surface area contributed by atoms with Crippen LogP contribution in [0.25, 0.3) is 0 Å². The first kappa shape index (κ1) is 32.5. The van der Waals surface area contributed by atoms with Gasteiger partial charge in [0.15, 0.2) is 0 Å². The molecule has 11 nitrogen and oxygen atoms in total. The molecule has 1 unspecified atom stereocenters. The number of carbonyl (C=O) groups is 3. The van der Waals surface area contributed by atoms with Crippen LogP contribution in [0.5, 0.6) is 0 Å². The number of carbonyl (C=O) groups excluding carboxylic acids is 3. The molecule has 14 heteroatoms. The number of nitrogens with one attached hydrogen (secondary N) is 2. The highest BCUT2D eigenvalue weighted by Gasteiger charge is 2.39. The van der Waals surface area contributed by atoms with Crippen molar-refractivity contribution < 1.29 is 27.6 Å². The van der Waals surface area contributed by atoms with Crippen LogP contribution in [0.1, 0.15) is 61.9 Å². The van der Waals surface area contributed by atoms with E-state index in [0.717, 1.165) is 24.8 Å². The predicted molar refractivity (Wildman–Crippen MR) is 156 cm³/mol. The van der Waals surface area contributed by atoms with Crippen molar-refractivity contribution >= 4 is 29.4 Å². The third-order valence-electron chi connectivity index (χ3n) is 8.01. The van der Waals surface area contributed by atoms with Gasteiger partial charge in [-0.15, -0.1) is 0 Å². The van der Waals surface area contributed by atoms with Crippen LogP contribution in [0.4, 0.5) is 24.8 Å². The molecular weight excluding hydrogens is 577 g/mol. The fourth-order valence-electron chi connectivity index (χ4n) is 5.64. The number of rotatable bonds is 12.